The van der Waals surface area contributed by atoms with Crippen LogP contribution in [-0.4, -0.2) is 11.7 Å². The van der Waals surface area contributed by atoms with Gasteiger partial charge in [0.1, 0.15) is 12.0 Å². The van der Waals surface area contributed by atoms with Crippen molar-refractivity contribution in [2.75, 3.05) is 0 Å². The van der Waals surface area contributed by atoms with E-state index in [1.54, 1.807) is 0 Å². The Morgan fingerprint density at radius 2 is 1.04 bits per heavy atom. The lowest BCUT2D eigenvalue weighted by Gasteiger charge is -2.26. The summed E-state index contributed by atoms with van der Waals surface area (Å²) < 4.78 is 0. The SMILES string of the molecule is c1ccc(-c2cccc(-c3c(C4=NC(c5ccc6ccccc6c5)=NC(c5ccc6ccccc6c5)N4)ccc4ccccc34)c2)cc1. The first-order valence-corrected chi connectivity index (χ1v) is 16.4. The van der Waals surface area contributed by atoms with Gasteiger partial charge in [0.2, 0.25) is 0 Å². The largest absolute Gasteiger partial charge is 0.344 e. The second-order valence-corrected chi connectivity index (χ2v) is 12.3. The zero-order chi connectivity index (χ0) is 31.9. The van der Waals surface area contributed by atoms with Gasteiger partial charge < -0.3 is 5.32 Å². The number of fused-ring (bicyclic) bond motifs is 3. The van der Waals surface area contributed by atoms with Gasteiger partial charge in [0, 0.05) is 16.7 Å². The molecular weight excluding hydrogens is 583 g/mol. The van der Waals surface area contributed by atoms with E-state index in [4.69, 9.17) is 9.98 Å². The van der Waals surface area contributed by atoms with E-state index in [0.29, 0.717) is 5.84 Å². The van der Waals surface area contributed by atoms with Gasteiger partial charge in [-0.25, -0.2) is 9.98 Å². The standard InChI is InChI=1S/C45H31N3/c1-2-11-30(12-3-1)36-18-10-19-37(27-36)42-40-20-9-8-15-33(40)25-26-41(42)45-47-43(38-23-21-31-13-4-6-16-34(31)28-38)46-44(48-45)39-24-22-32-14-5-7-17-35(32)29-39/h1-29,43H,(H,46,47,48). The maximum atomic E-state index is 5.30. The molecule has 0 amide bonds. The molecule has 0 saturated carbocycles. The first-order valence-electron chi connectivity index (χ1n) is 16.4. The van der Waals surface area contributed by atoms with Crippen LogP contribution >= 0.6 is 0 Å². The van der Waals surface area contributed by atoms with Gasteiger partial charge in [0.25, 0.3) is 0 Å². The van der Waals surface area contributed by atoms with Crippen LogP contribution in [0.5, 0.6) is 0 Å². The molecular formula is C45H31N3. The summed E-state index contributed by atoms with van der Waals surface area (Å²) in [6.45, 7) is 0. The molecule has 1 aliphatic rings. The van der Waals surface area contributed by atoms with Crippen molar-refractivity contribution in [1.82, 2.24) is 5.32 Å². The molecule has 8 aromatic rings. The Kier molecular flexibility index (Phi) is 6.87. The Bertz CT molecular complexity index is 2550. The van der Waals surface area contributed by atoms with Crippen LogP contribution < -0.4 is 5.32 Å². The Hall–Kier alpha value is -6.32. The van der Waals surface area contributed by atoms with Crippen molar-refractivity contribution in [3.05, 3.63) is 193 Å². The fourth-order valence-corrected chi connectivity index (χ4v) is 6.86. The molecule has 0 aromatic heterocycles. The molecule has 1 aliphatic heterocycles. The van der Waals surface area contributed by atoms with Crippen LogP contribution in [0.4, 0.5) is 0 Å². The molecule has 0 fully saturated rings. The third-order valence-corrected chi connectivity index (χ3v) is 9.28. The van der Waals surface area contributed by atoms with Crippen molar-refractivity contribution >= 4 is 44.0 Å². The van der Waals surface area contributed by atoms with Crippen molar-refractivity contribution in [3.8, 4) is 22.3 Å². The van der Waals surface area contributed by atoms with Crippen LogP contribution in [0.25, 0.3) is 54.6 Å². The minimum atomic E-state index is -0.321. The summed E-state index contributed by atoms with van der Waals surface area (Å²) in [4.78, 5) is 10.5. The van der Waals surface area contributed by atoms with Gasteiger partial charge in [-0.3, -0.25) is 0 Å². The van der Waals surface area contributed by atoms with E-state index in [9.17, 15) is 0 Å². The van der Waals surface area contributed by atoms with Crippen molar-refractivity contribution in [1.29, 1.82) is 0 Å². The number of nitrogens with zero attached hydrogens (tertiary/aromatic N) is 2. The van der Waals surface area contributed by atoms with E-state index < -0.39 is 0 Å². The van der Waals surface area contributed by atoms with E-state index in [-0.39, 0.29) is 6.17 Å². The summed E-state index contributed by atoms with van der Waals surface area (Å²) in [6.07, 6.45) is -0.321. The van der Waals surface area contributed by atoms with Crippen LogP contribution in [0.15, 0.2) is 186 Å². The second-order valence-electron chi connectivity index (χ2n) is 12.3. The molecule has 9 rings (SSSR count). The first kappa shape index (κ1) is 27.9. The number of nitrogens with one attached hydrogen (secondary N) is 1. The number of benzene rings is 8. The van der Waals surface area contributed by atoms with Crippen molar-refractivity contribution in [3.63, 3.8) is 0 Å². The monoisotopic (exact) mass is 613 g/mol. The summed E-state index contributed by atoms with van der Waals surface area (Å²) in [7, 11) is 0. The number of rotatable bonds is 5. The lowest BCUT2D eigenvalue weighted by molar-refractivity contribution is 0.675. The summed E-state index contributed by atoms with van der Waals surface area (Å²) >= 11 is 0. The Morgan fingerprint density at radius 1 is 0.417 bits per heavy atom. The third-order valence-electron chi connectivity index (χ3n) is 9.28. The van der Waals surface area contributed by atoms with Crippen LogP contribution in [0, 0.1) is 0 Å². The molecule has 8 aromatic carbocycles. The van der Waals surface area contributed by atoms with Crippen LogP contribution in [0.1, 0.15) is 22.9 Å². The summed E-state index contributed by atoms with van der Waals surface area (Å²) in [5.74, 6) is 1.52. The predicted octanol–water partition coefficient (Wildman–Crippen LogP) is 11.0. The minimum absolute atomic E-state index is 0.321. The molecule has 3 heteroatoms. The van der Waals surface area contributed by atoms with Crippen LogP contribution in [0.3, 0.4) is 0 Å². The predicted molar refractivity (Wildman–Crippen MR) is 202 cm³/mol. The van der Waals surface area contributed by atoms with Crippen LogP contribution in [-0.2, 0) is 0 Å². The Balaban J connectivity index is 1.24. The lowest BCUT2D eigenvalue weighted by atomic mass is 9.90. The average Bonchev–Trinajstić information content (AvgIpc) is 3.17. The summed E-state index contributed by atoms with van der Waals surface area (Å²) in [6, 6.07) is 62.4. The normalized spacial score (nSPS) is 14.5. The van der Waals surface area contributed by atoms with E-state index in [2.05, 4.69) is 181 Å². The fourth-order valence-electron chi connectivity index (χ4n) is 6.86. The molecule has 0 spiro atoms. The third kappa shape index (κ3) is 5.12. The molecule has 1 unspecified atom stereocenters. The number of amidine groups is 2. The minimum Gasteiger partial charge on any atom is -0.344 e. The van der Waals surface area contributed by atoms with Crippen molar-refractivity contribution in [2.24, 2.45) is 9.98 Å². The van der Waals surface area contributed by atoms with Crippen molar-refractivity contribution in [2.45, 2.75) is 6.17 Å². The molecule has 0 aliphatic carbocycles. The molecule has 1 N–H and O–H groups in total. The van der Waals surface area contributed by atoms with E-state index in [0.717, 1.165) is 33.7 Å². The van der Waals surface area contributed by atoms with Gasteiger partial charge in [-0.2, -0.15) is 0 Å². The Labute approximate surface area is 279 Å². The molecule has 3 nitrogen and oxygen atoms in total. The zero-order valence-electron chi connectivity index (χ0n) is 26.2. The number of hydrogen-bond donors (Lipinski definition) is 1. The van der Waals surface area contributed by atoms with Crippen LogP contribution in [0.2, 0.25) is 0 Å². The lowest BCUT2D eigenvalue weighted by Crippen LogP contribution is -2.34. The van der Waals surface area contributed by atoms with Gasteiger partial charge in [0.15, 0.2) is 5.84 Å². The van der Waals surface area contributed by atoms with Gasteiger partial charge in [-0.05, 0) is 72.8 Å². The topological polar surface area (TPSA) is 36.8 Å². The van der Waals surface area contributed by atoms with E-state index in [1.807, 2.05) is 0 Å². The van der Waals surface area contributed by atoms with Gasteiger partial charge in [-0.1, -0.05) is 158 Å². The summed E-state index contributed by atoms with van der Waals surface area (Å²) in [5.41, 5.74) is 7.78. The molecule has 0 saturated heterocycles. The van der Waals surface area contributed by atoms with E-state index >= 15 is 0 Å². The number of aliphatic imine (C=N–C) groups is 2. The molecule has 0 radical (unpaired) electrons. The zero-order valence-corrected chi connectivity index (χ0v) is 26.2. The highest BCUT2D eigenvalue weighted by atomic mass is 15.2. The number of hydrogen-bond acceptors (Lipinski definition) is 3. The molecule has 1 atom stereocenters. The maximum Gasteiger partial charge on any atom is 0.159 e. The summed E-state index contributed by atoms with van der Waals surface area (Å²) in [5, 5.41) is 10.9. The van der Waals surface area contributed by atoms with E-state index in [1.165, 1.54) is 43.4 Å². The second kappa shape index (κ2) is 11.8. The smallest absolute Gasteiger partial charge is 0.159 e. The molecule has 1 heterocycles. The van der Waals surface area contributed by atoms with Gasteiger partial charge in [-0.15, -0.1) is 0 Å². The molecule has 226 valence electrons. The van der Waals surface area contributed by atoms with Crippen molar-refractivity contribution < 1.29 is 0 Å². The van der Waals surface area contributed by atoms with Gasteiger partial charge in [0.05, 0.1) is 0 Å². The molecule has 0 bridgehead atoms. The molecule has 48 heavy (non-hydrogen) atoms. The highest BCUT2D eigenvalue weighted by Gasteiger charge is 2.24. The highest BCUT2D eigenvalue weighted by Crippen LogP contribution is 2.36. The Morgan fingerprint density at radius 3 is 1.85 bits per heavy atom. The average molecular weight is 614 g/mol. The highest BCUT2D eigenvalue weighted by molar-refractivity contribution is 6.18. The first-order chi connectivity index (χ1) is 23.8. The van der Waals surface area contributed by atoms with Gasteiger partial charge >= 0.3 is 0 Å². The fraction of sp³-hybridized carbons (Fsp3) is 0.0222. The maximum absolute atomic E-state index is 5.30. The quantitative estimate of drug-likeness (QED) is 0.206.